The standard InChI is InChI=1S/C15H15NO4/c17-14(18)13(15(19)20)8-5-11-3-6-12(7-4-11)16-9-1-2-10-16/h1-4,6-7,9-10,13H,5,8H2,(H,17,18)(H,19,20). The third kappa shape index (κ3) is 3.26. The maximum atomic E-state index is 10.8. The molecule has 2 rings (SSSR count). The second kappa shape index (κ2) is 6.06. The monoisotopic (exact) mass is 273 g/mol. The normalized spacial score (nSPS) is 10.7. The van der Waals surface area contributed by atoms with Gasteiger partial charge in [0.05, 0.1) is 0 Å². The summed E-state index contributed by atoms with van der Waals surface area (Å²) in [5.74, 6) is -3.93. The number of carbonyl (C=O) groups is 2. The van der Waals surface area contributed by atoms with E-state index in [9.17, 15) is 9.59 Å². The van der Waals surface area contributed by atoms with Crippen LogP contribution in [0.1, 0.15) is 12.0 Å². The predicted molar refractivity (Wildman–Crippen MR) is 72.9 cm³/mol. The van der Waals surface area contributed by atoms with Gasteiger partial charge in [0.25, 0.3) is 0 Å². The molecule has 2 N–H and O–H groups in total. The molecule has 1 aromatic heterocycles. The van der Waals surface area contributed by atoms with Crippen LogP contribution in [-0.2, 0) is 16.0 Å². The summed E-state index contributed by atoms with van der Waals surface area (Å²) in [4.78, 5) is 21.6. The van der Waals surface area contributed by atoms with Crippen LogP contribution >= 0.6 is 0 Å². The fourth-order valence-electron chi connectivity index (χ4n) is 2.00. The van der Waals surface area contributed by atoms with Gasteiger partial charge in [-0.2, -0.15) is 0 Å². The van der Waals surface area contributed by atoms with Crippen molar-refractivity contribution < 1.29 is 19.8 Å². The molecule has 0 radical (unpaired) electrons. The molecule has 0 fully saturated rings. The molecule has 5 nitrogen and oxygen atoms in total. The second-order valence-electron chi connectivity index (χ2n) is 4.52. The van der Waals surface area contributed by atoms with Gasteiger partial charge in [-0.3, -0.25) is 9.59 Å². The van der Waals surface area contributed by atoms with E-state index in [-0.39, 0.29) is 6.42 Å². The zero-order valence-electron chi connectivity index (χ0n) is 10.8. The minimum Gasteiger partial charge on any atom is -0.481 e. The van der Waals surface area contributed by atoms with Crippen molar-refractivity contribution in [3.63, 3.8) is 0 Å². The minimum absolute atomic E-state index is 0.0908. The van der Waals surface area contributed by atoms with Crippen molar-refractivity contribution in [2.75, 3.05) is 0 Å². The van der Waals surface area contributed by atoms with Gasteiger partial charge in [0, 0.05) is 18.1 Å². The Morgan fingerprint density at radius 1 is 1.00 bits per heavy atom. The Kier molecular flexibility index (Phi) is 4.20. The average molecular weight is 273 g/mol. The van der Waals surface area contributed by atoms with Gasteiger partial charge >= 0.3 is 11.9 Å². The van der Waals surface area contributed by atoms with Crippen LogP contribution in [0.2, 0.25) is 0 Å². The topological polar surface area (TPSA) is 79.5 Å². The Bertz CT molecular complexity index is 573. The molecular formula is C15H15NO4. The van der Waals surface area contributed by atoms with Crippen LogP contribution in [0.3, 0.4) is 0 Å². The highest BCUT2D eigenvalue weighted by Gasteiger charge is 2.24. The lowest BCUT2D eigenvalue weighted by atomic mass is 9.99. The SMILES string of the molecule is O=C(O)C(CCc1ccc(-n2cccc2)cc1)C(=O)O. The van der Waals surface area contributed by atoms with Gasteiger partial charge in [-0.25, -0.2) is 0 Å². The summed E-state index contributed by atoms with van der Waals surface area (Å²) in [5.41, 5.74) is 1.93. The highest BCUT2D eigenvalue weighted by Crippen LogP contribution is 2.14. The maximum Gasteiger partial charge on any atom is 0.317 e. The number of benzene rings is 1. The molecular weight excluding hydrogens is 258 g/mol. The third-order valence-electron chi connectivity index (χ3n) is 3.16. The first-order chi connectivity index (χ1) is 9.58. The lowest BCUT2D eigenvalue weighted by Gasteiger charge is -2.08. The third-order valence-corrected chi connectivity index (χ3v) is 3.16. The Balaban J connectivity index is 2.01. The molecule has 0 atom stereocenters. The van der Waals surface area contributed by atoms with Crippen molar-refractivity contribution in [2.24, 2.45) is 5.92 Å². The molecule has 0 aliphatic heterocycles. The number of aliphatic carboxylic acids is 2. The molecule has 0 aliphatic rings. The number of aryl methyl sites for hydroxylation is 1. The van der Waals surface area contributed by atoms with E-state index >= 15 is 0 Å². The van der Waals surface area contributed by atoms with Gasteiger partial charge in [-0.15, -0.1) is 0 Å². The second-order valence-corrected chi connectivity index (χ2v) is 4.52. The quantitative estimate of drug-likeness (QED) is 0.791. The Morgan fingerprint density at radius 3 is 2.05 bits per heavy atom. The molecule has 0 saturated carbocycles. The van der Waals surface area contributed by atoms with Crippen molar-refractivity contribution >= 4 is 11.9 Å². The number of aromatic nitrogens is 1. The number of carboxylic acids is 2. The molecule has 5 heteroatoms. The van der Waals surface area contributed by atoms with E-state index in [0.29, 0.717) is 6.42 Å². The summed E-state index contributed by atoms with van der Waals surface area (Å²) in [6, 6.07) is 11.5. The van der Waals surface area contributed by atoms with Gasteiger partial charge in [-0.1, -0.05) is 12.1 Å². The minimum atomic E-state index is -1.35. The van der Waals surface area contributed by atoms with Crippen LogP contribution in [0.5, 0.6) is 0 Å². The van der Waals surface area contributed by atoms with Crippen LogP contribution < -0.4 is 0 Å². The maximum absolute atomic E-state index is 10.8. The molecule has 0 aliphatic carbocycles. The smallest absolute Gasteiger partial charge is 0.317 e. The van der Waals surface area contributed by atoms with Gasteiger partial charge in [-0.05, 0) is 42.7 Å². The van der Waals surface area contributed by atoms with E-state index in [1.165, 1.54) is 0 Å². The number of carboxylic acid groups (broad SMARTS) is 2. The van der Waals surface area contributed by atoms with Gasteiger partial charge in [0.15, 0.2) is 5.92 Å². The number of nitrogens with zero attached hydrogens (tertiary/aromatic N) is 1. The van der Waals surface area contributed by atoms with Crippen LogP contribution in [0.15, 0.2) is 48.8 Å². The summed E-state index contributed by atoms with van der Waals surface area (Å²) >= 11 is 0. The van der Waals surface area contributed by atoms with E-state index in [2.05, 4.69) is 0 Å². The lowest BCUT2D eigenvalue weighted by Crippen LogP contribution is -2.23. The lowest BCUT2D eigenvalue weighted by molar-refractivity contribution is -0.154. The molecule has 20 heavy (non-hydrogen) atoms. The van der Waals surface area contributed by atoms with Crippen molar-refractivity contribution in [2.45, 2.75) is 12.8 Å². The van der Waals surface area contributed by atoms with Crippen LogP contribution in [-0.4, -0.2) is 26.7 Å². The molecule has 0 bridgehead atoms. The van der Waals surface area contributed by atoms with Crippen molar-refractivity contribution in [1.29, 1.82) is 0 Å². The van der Waals surface area contributed by atoms with Gasteiger partial charge < -0.3 is 14.8 Å². The van der Waals surface area contributed by atoms with Gasteiger partial charge in [0.1, 0.15) is 0 Å². The highest BCUT2D eigenvalue weighted by molar-refractivity contribution is 5.92. The molecule has 104 valence electrons. The van der Waals surface area contributed by atoms with E-state index in [1.807, 2.05) is 53.4 Å². The highest BCUT2D eigenvalue weighted by atomic mass is 16.4. The molecule has 0 unspecified atom stereocenters. The van der Waals surface area contributed by atoms with E-state index < -0.39 is 17.9 Å². The fourth-order valence-corrected chi connectivity index (χ4v) is 2.00. The van der Waals surface area contributed by atoms with Crippen molar-refractivity contribution in [1.82, 2.24) is 4.57 Å². The van der Waals surface area contributed by atoms with Crippen LogP contribution in [0.25, 0.3) is 5.69 Å². The molecule has 1 aromatic carbocycles. The summed E-state index contributed by atoms with van der Waals surface area (Å²) in [7, 11) is 0. The van der Waals surface area contributed by atoms with Crippen LogP contribution in [0, 0.1) is 5.92 Å². The first-order valence-corrected chi connectivity index (χ1v) is 6.26. The summed E-state index contributed by atoms with van der Waals surface area (Å²) in [5, 5.41) is 17.6. The molecule has 2 aromatic rings. The van der Waals surface area contributed by atoms with Gasteiger partial charge in [0.2, 0.25) is 0 Å². The van der Waals surface area contributed by atoms with Crippen molar-refractivity contribution in [3.05, 3.63) is 54.4 Å². The van der Waals surface area contributed by atoms with E-state index in [4.69, 9.17) is 10.2 Å². The number of hydrogen-bond acceptors (Lipinski definition) is 2. The number of hydrogen-bond donors (Lipinski definition) is 2. The fraction of sp³-hybridized carbons (Fsp3) is 0.200. The first-order valence-electron chi connectivity index (χ1n) is 6.26. The average Bonchev–Trinajstić information content (AvgIpc) is 2.92. The predicted octanol–water partition coefficient (Wildman–Crippen LogP) is 2.20. The Morgan fingerprint density at radius 2 is 1.55 bits per heavy atom. The van der Waals surface area contributed by atoms with E-state index in [0.717, 1.165) is 11.3 Å². The molecule has 1 heterocycles. The summed E-state index contributed by atoms with van der Waals surface area (Å²) < 4.78 is 1.96. The molecule has 0 saturated heterocycles. The molecule has 0 spiro atoms. The van der Waals surface area contributed by atoms with Crippen molar-refractivity contribution in [3.8, 4) is 5.69 Å². The summed E-state index contributed by atoms with van der Waals surface area (Å²) in [6.07, 6.45) is 4.38. The summed E-state index contributed by atoms with van der Waals surface area (Å²) in [6.45, 7) is 0. The zero-order valence-corrected chi connectivity index (χ0v) is 10.8. The zero-order chi connectivity index (χ0) is 14.5. The van der Waals surface area contributed by atoms with Crippen LogP contribution in [0.4, 0.5) is 0 Å². The number of rotatable bonds is 6. The Labute approximate surface area is 116 Å². The first kappa shape index (κ1) is 13.9. The largest absolute Gasteiger partial charge is 0.481 e. The molecule has 0 amide bonds. The van der Waals surface area contributed by atoms with E-state index in [1.54, 1.807) is 0 Å². The Hall–Kier alpha value is -2.56.